The number of carbonyl (C=O) groups is 1. The maximum absolute atomic E-state index is 13.5. The van der Waals surface area contributed by atoms with E-state index in [4.69, 9.17) is 22.3 Å². The van der Waals surface area contributed by atoms with Gasteiger partial charge in [-0.2, -0.15) is 0 Å². The van der Waals surface area contributed by atoms with Gasteiger partial charge in [-0.15, -0.1) is 0 Å². The average molecular weight is 442 g/mol. The first-order valence-electron chi connectivity index (χ1n) is 10.1. The van der Waals surface area contributed by atoms with Crippen LogP contribution in [0.1, 0.15) is 25.2 Å². The summed E-state index contributed by atoms with van der Waals surface area (Å²) >= 11 is 6.31. The monoisotopic (exact) mass is 441 g/mol. The molecule has 3 aromatic rings. The number of rotatable bonds is 4. The fraction of sp³-hybridized carbons (Fsp3) is 0.304. The lowest BCUT2D eigenvalue weighted by Gasteiger charge is -2.33. The maximum atomic E-state index is 13.5. The number of anilines is 2. The Hall–Kier alpha value is -2.90. The second-order valence-electron chi connectivity index (χ2n) is 8.42. The van der Waals surface area contributed by atoms with Crippen molar-refractivity contribution >= 4 is 29.0 Å². The van der Waals surface area contributed by atoms with E-state index in [1.165, 1.54) is 12.1 Å². The molecule has 0 radical (unpaired) electrons. The minimum Gasteiger partial charge on any atom is -0.340 e. The summed E-state index contributed by atoms with van der Waals surface area (Å²) in [4.78, 5) is 19.2. The van der Waals surface area contributed by atoms with Gasteiger partial charge in [0, 0.05) is 29.4 Å². The molecule has 31 heavy (non-hydrogen) atoms. The number of amides is 1. The van der Waals surface area contributed by atoms with Crippen molar-refractivity contribution in [3.8, 4) is 11.3 Å². The van der Waals surface area contributed by atoms with Crippen LogP contribution in [0.2, 0.25) is 5.02 Å². The summed E-state index contributed by atoms with van der Waals surface area (Å²) in [6.07, 6.45) is 0. The highest BCUT2D eigenvalue weighted by Gasteiger charge is 2.32. The van der Waals surface area contributed by atoms with Crippen LogP contribution in [0.25, 0.3) is 11.3 Å². The molecule has 4 rings (SSSR count). The molecule has 0 aliphatic carbocycles. The number of hydrogen-bond donors (Lipinski definition) is 2. The first-order valence-corrected chi connectivity index (χ1v) is 10.5. The molecule has 162 valence electrons. The zero-order chi connectivity index (χ0) is 22.3. The summed E-state index contributed by atoms with van der Waals surface area (Å²) in [7, 11) is 0. The number of benzene rings is 2. The summed E-state index contributed by atoms with van der Waals surface area (Å²) in [6, 6.07) is 12.0. The van der Waals surface area contributed by atoms with E-state index in [1.54, 1.807) is 30.9 Å². The molecule has 6 nitrogen and oxygen atoms in total. The molecule has 1 aliphatic rings. The number of imidazole rings is 1. The Bertz CT molecular complexity index is 1130. The number of nitrogens with one attached hydrogen (secondary N) is 1. The molecule has 0 saturated heterocycles. The Morgan fingerprint density at radius 1 is 1.19 bits per heavy atom. The predicted octanol–water partition coefficient (Wildman–Crippen LogP) is 4.47. The van der Waals surface area contributed by atoms with Gasteiger partial charge in [0.2, 0.25) is 5.91 Å². The Labute approximate surface area is 185 Å². The van der Waals surface area contributed by atoms with E-state index in [0.29, 0.717) is 30.4 Å². The van der Waals surface area contributed by atoms with Gasteiger partial charge in [-0.3, -0.25) is 4.79 Å². The first-order chi connectivity index (χ1) is 14.6. The number of hydrogen-bond acceptors (Lipinski definition) is 4. The van der Waals surface area contributed by atoms with Gasteiger partial charge < -0.3 is 20.5 Å². The molecule has 0 saturated carbocycles. The van der Waals surface area contributed by atoms with Crippen molar-refractivity contribution < 1.29 is 9.18 Å². The lowest BCUT2D eigenvalue weighted by atomic mass is 10.1. The second kappa shape index (κ2) is 7.98. The van der Waals surface area contributed by atoms with Gasteiger partial charge in [0.15, 0.2) is 0 Å². The van der Waals surface area contributed by atoms with Gasteiger partial charge in [0.05, 0.1) is 12.1 Å². The molecular formula is C23H25ClFN5O. The Kier molecular flexibility index (Phi) is 5.49. The van der Waals surface area contributed by atoms with E-state index >= 15 is 0 Å². The molecule has 2 heterocycles. The van der Waals surface area contributed by atoms with Crippen molar-refractivity contribution in [2.75, 3.05) is 11.9 Å². The van der Waals surface area contributed by atoms with Gasteiger partial charge >= 0.3 is 0 Å². The van der Waals surface area contributed by atoms with Crippen LogP contribution in [0.5, 0.6) is 0 Å². The van der Waals surface area contributed by atoms with E-state index in [1.807, 2.05) is 25.1 Å². The fourth-order valence-electron chi connectivity index (χ4n) is 3.66. The van der Waals surface area contributed by atoms with E-state index < -0.39 is 5.54 Å². The highest BCUT2D eigenvalue weighted by Crippen LogP contribution is 2.34. The number of nitrogens with two attached hydrogens (primary N) is 1. The normalized spacial score (nSPS) is 13.8. The van der Waals surface area contributed by atoms with Crippen molar-refractivity contribution in [1.29, 1.82) is 0 Å². The second-order valence-corrected chi connectivity index (χ2v) is 8.83. The van der Waals surface area contributed by atoms with Crippen molar-refractivity contribution in [3.05, 3.63) is 64.7 Å². The minimum atomic E-state index is -0.950. The van der Waals surface area contributed by atoms with Crippen LogP contribution < -0.4 is 11.1 Å². The van der Waals surface area contributed by atoms with Crippen LogP contribution in [0.15, 0.2) is 42.5 Å². The SMILES string of the molecule is Cc1ccc(Nc2c(-c3ccc(F)cc3)nc3n2CCN(C(=O)C(C)(C)N)C3)cc1Cl. The standard InChI is InChI=1S/C23H25ClFN5O/c1-14-4-9-17(12-18(14)24)27-21-20(15-5-7-16(25)8-6-15)28-19-13-29(10-11-30(19)21)22(31)23(2,3)26/h4-9,12,27H,10-11,13,26H2,1-3H3. The summed E-state index contributed by atoms with van der Waals surface area (Å²) < 4.78 is 15.6. The lowest BCUT2D eigenvalue weighted by molar-refractivity contribution is -0.137. The van der Waals surface area contributed by atoms with Crippen LogP contribution in [0, 0.1) is 12.7 Å². The number of nitrogens with zero attached hydrogens (tertiary/aromatic N) is 3. The lowest BCUT2D eigenvalue weighted by Crippen LogP contribution is -2.52. The molecule has 1 amide bonds. The van der Waals surface area contributed by atoms with Crippen LogP contribution in [-0.2, 0) is 17.9 Å². The number of fused-ring (bicyclic) bond motifs is 1. The first kappa shape index (κ1) is 21.3. The highest BCUT2D eigenvalue weighted by molar-refractivity contribution is 6.31. The predicted molar refractivity (Wildman–Crippen MR) is 121 cm³/mol. The van der Waals surface area contributed by atoms with Crippen molar-refractivity contribution in [1.82, 2.24) is 14.5 Å². The van der Waals surface area contributed by atoms with Gasteiger partial charge in [0.1, 0.15) is 23.2 Å². The molecule has 0 unspecified atom stereocenters. The molecule has 1 aliphatic heterocycles. The zero-order valence-corrected chi connectivity index (χ0v) is 18.5. The third kappa shape index (κ3) is 4.29. The van der Waals surface area contributed by atoms with Gasteiger partial charge in [0.25, 0.3) is 0 Å². The number of carbonyl (C=O) groups excluding carboxylic acids is 1. The van der Waals surface area contributed by atoms with Gasteiger partial charge in [-0.25, -0.2) is 9.37 Å². The Morgan fingerprint density at radius 3 is 2.55 bits per heavy atom. The van der Waals surface area contributed by atoms with Crippen LogP contribution in [-0.4, -0.2) is 32.4 Å². The Balaban J connectivity index is 1.76. The van der Waals surface area contributed by atoms with Crippen LogP contribution in [0.4, 0.5) is 15.9 Å². The van der Waals surface area contributed by atoms with Crippen molar-refractivity contribution in [2.24, 2.45) is 5.73 Å². The topological polar surface area (TPSA) is 76.2 Å². The Morgan fingerprint density at radius 2 is 1.90 bits per heavy atom. The molecular weight excluding hydrogens is 417 g/mol. The van der Waals surface area contributed by atoms with Crippen molar-refractivity contribution in [2.45, 2.75) is 39.4 Å². The summed E-state index contributed by atoms with van der Waals surface area (Å²) in [5, 5.41) is 4.09. The smallest absolute Gasteiger partial charge is 0.242 e. The molecule has 8 heteroatoms. The van der Waals surface area contributed by atoms with Gasteiger partial charge in [-0.1, -0.05) is 17.7 Å². The van der Waals surface area contributed by atoms with E-state index in [0.717, 1.165) is 28.5 Å². The quantitative estimate of drug-likeness (QED) is 0.626. The van der Waals surface area contributed by atoms with E-state index in [9.17, 15) is 9.18 Å². The summed E-state index contributed by atoms with van der Waals surface area (Å²) in [5.74, 6) is 1.09. The fourth-order valence-corrected chi connectivity index (χ4v) is 3.84. The molecule has 0 atom stereocenters. The maximum Gasteiger partial charge on any atom is 0.242 e. The molecule has 0 spiro atoms. The number of halogens is 2. The largest absolute Gasteiger partial charge is 0.340 e. The van der Waals surface area contributed by atoms with E-state index in [-0.39, 0.29) is 11.7 Å². The van der Waals surface area contributed by atoms with E-state index in [2.05, 4.69) is 9.88 Å². The van der Waals surface area contributed by atoms with Crippen LogP contribution in [0.3, 0.4) is 0 Å². The average Bonchev–Trinajstić information content (AvgIpc) is 3.07. The number of aromatic nitrogens is 2. The van der Waals surface area contributed by atoms with Gasteiger partial charge in [-0.05, 0) is 62.7 Å². The third-order valence-corrected chi connectivity index (χ3v) is 5.77. The van der Waals surface area contributed by atoms with Crippen LogP contribution >= 0.6 is 11.6 Å². The van der Waals surface area contributed by atoms with Crippen molar-refractivity contribution in [3.63, 3.8) is 0 Å². The minimum absolute atomic E-state index is 0.120. The third-order valence-electron chi connectivity index (χ3n) is 5.36. The summed E-state index contributed by atoms with van der Waals surface area (Å²) in [6.45, 7) is 6.79. The molecule has 0 bridgehead atoms. The molecule has 2 aromatic carbocycles. The number of aryl methyl sites for hydroxylation is 1. The zero-order valence-electron chi connectivity index (χ0n) is 17.7. The highest BCUT2D eigenvalue weighted by atomic mass is 35.5. The molecule has 1 aromatic heterocycles. The molecule has 3 N–H and O–H groups in total. The molecule has 0 fully saturated rings. The summed E-state index contributed by atoms with van der Waals surface area (Å²) in [5.41, 5.74) is 8.34.